The van der Waals surface area contributed by atoms with E-state index in [9.17, 15) is 13.5 Å². The molecule has 0 saturated carbocycles. The van der Waals surface area contributed by atoms with Crippen LogP contribution < -0.4 is 9.64 Å². The minimum Gasteiger partial charge on any atom is -0.459 e. The highest BCUT2D eigenvalue weighted by Gasteiger charge is 2.34. The third kappa shape index (κ3) is 4.88. The molecule has 0 bridgehead atoms. The molecular formula is C24H27ClN4O5S. The molecule has 186 valence electrons. The molecule has 2 fully saturated rings. The molecule has 3 aromatic rings. The number of fused-ring (bicyclic) bond motifs is 1. The zero-order valence-corrected chi connectivity index (χ0v) is 20.8. The Morgan fingerprint density at radius 3 is 2.71 bits per heavy atom. The van der Waals surface area contributed by atoms with E-state index >= 15 is 0 Å². The minimum atomic E-state index is -3.01. The van der Waals surface area contributed by atoms with E-state index in [1.54, 1.807) is 12.1 Å². The van der Waals surface area contributed by atoms with Gasteiger partial charge in [0.15, 0.2) is 15.5 Å². The molecule has 0 unspecified atom stereocenters. The van der Waals surface area contributed by atoms with Gasteiger partial charge in [0.1, 0.15) is 6.10 Å². The van der Waals surface area contributed by atoms with E-state index in [1.807, 2.05) is 29.2 Å². The number of nitrogens with zero attached hydrogens (tertiary/aromatic N) is 3. The van der Waals surface area contributed by atoms with E-state index in [0.717, 1.165) is 11.3 Å². The molecule has 0 aliphatic carbocycles. The van der Waals surface area contributed by atoms with E-state index in [-0.39, 0.29) is 30.0 Å². The number of rotatable bonds is 7. The molecule has 0 spiro atoms. The molecule has 2 saturated heterocycles. The third-order valence-electron chi connectivity index (χ3n) is 6.63. The number of H-pyrrole nitrogens is 1. The second-order valence-electron chi connectivity index (χ2n) is 9.06. The maximum Gasteiger partial charge on any atom is 0.296 e. The van der Waals surface area contributed by atoms with Crippen molar-refractivity contribution in [3.8, 4) is 17.3 Å². The molecule has 1 aromatic carbocycles. The zero-order valence-electron chi connectivity index (χ0n) is 19.2. The summed E-state index contributed by atoms with van der Waals surface area (Å²) in [5.74, 6) is -0.00112. The second-order valence-corrected chi connectivity index (χ2v) is 11.8. The van der Waals surface area contributed by atoms with Crippen molar-refractivity contribution in [3.63, 3.8) is 0 Å². The summed E-state index contributed by atoms with van der Waals surface area (Å²) < 4.78 is 35.0. The largest absolute Gasteiger partial charge is 0.459 e. The number of ether oxygens (including phenoxy) is 2. The van der Waals surface area contributed by atoms with E-state index in [1.165, 1.54) is 6.26 Å². The van der Waals surface area contributed by atoms with Crippen molar-refractivity contribution in [1.29, 1.82) is 0 Å². The van der Waals surface area contributed by atoms with Gasteiger partial charge in [-0.05, 0) is 24.6 Å². The van der Waals surface area contributed by atoms with Gasteiger partial charge in [0.2, 0.25) is 0 Å². The molecule has 2 aromatic heterocycles. The van der Waals surface area contributed by atoms with Crippen molar-refractivity contribution < 1.29 is 23.0 Å². The number of imidazole rings is 1. The summed E-state index contributed by atoms with van der Waals surface area (Å²) in [5.41, 5.74) is 3.52. The summed E-state index contributed by atoms with van der Waals surface area (Å²) in [6.45, 7) is 5.11. The number of nitrogens with one attached hydrogen (secondary N) is 1. The fourth-order valence-corrected chi connectivity index (χ4v) is 5.62. The Morgan fingerprint density at radius 2 is 2.06 bits per heavy atom. The first-order chi connectivity index (χ1) is 16.7. The molecule has 0 amide bonds. The number of aromatic amines is 1. The van der Waals surface area contributed by atoms with E-state index < -0.39 is 9.84 Å². The highest BCUT2D eigenvalue weighted by molar-refractivity contribution is 7.91. The van der Waals surface area contributed by atoms with Crippen molar-refractivity contribution in [3.05, 3.63) is 48.0 Å². The number of halogens is 1. The first-order valence-electron chi connectivity index (χ1n) is 11.4. The predicted octanol–water partition coefficient (Wildman–Crippen LogP) is 2.84. The SMILES string of the molecule is C=C[C@H]1C[C@@H](Oc2nc3nc(-c4ccc(N5CC(S(C)(=O)=O)C5)cc4)c(Cl)cc3[nH]2)CO[C@@H]1CO. The molecule has 35 heavy (non-hydrogen) atoms. The summed E-state index contributed by atoms with van der Waals surface area (Å²) in [5, 5.41) is 9.59. The van der Waals surface area contributed by atoms with Gasteiger partial charge in [0.05, 0.1) is 40.8 Å². The lowest BCUT2D eigenvalue weighted by Gasteiger charge is -2.39. The average Bonchev–Trinajstić information content (AvgIpc) is 3.18. The Balaban J connectivity index is 1.30. The Labute approximate surface area is 208 Å². The van der Waals surface area contributed by atoms with Gasteiger partial charge >= 0.3 is 0 Å². The highest BCUT2D eigenvalue weighted by Crippen LogP contribution is 2.32. The smallest absolute Gasteiger partial charge is 0.296 e. The summed E-state index contributed by atoms with van der Waals surface area (Å²) in [4.78, 5) is 14.3. The van der Waals surface area contributed by atoms with Crippen LogP contribution in [-0.2, 0) is 14.6 Å². The fourth-order valence-electron chi connectivity index (χ4n) is 4.46. The van der Waals surface area contributed by atoms with E-state index in [4.69, 9.17) is 21.1 Å². The fraction of sp³-hybridized carbons (Fsp3) is 0.417. The van der Waals surface area contributed by atoms with E-state index in [2.05, 4.69) is 21.5 Å². The molecule has 2 aliphatic rings. The van der Waals surface area contributed by atoms with E-state index in [0.29, 0.717) is 54.0 Å². The maximum absolute atomic E-state index is 11.7. The van der Waals surface area contributed by atoms with Gasteiger partial charge in [-0.15, -0.1) is 6.58 Å². The van der Waals surface area contributed by atoms with Crippen LogP contribution in [0.5, 0.6) is 6.01 Å². The van der Waals surface area contributed by atoms with Crippen LogP contribution in [0.15, 0.2) is 43.0 Å². The first-order valence-corrected chi connectivity index (χ1v) is 13.7. The molecular weight excluding hydrogens is 492 g/mol. The van der Waals surface area contributed by atoms with Crippen LogP contribution in [0, 0.1) is 5.92 Å². The second kappa shape index (κ2) is 9.42. The van der Waals surface area contributed by atoms with Gasteiger partial charge in [0.25, 0.3) is 6.01 Å². The summed E-state index contributed by atoms with van der Waals surface area (Å²) in [7, 11) is -3.01. The van der Waals surface area contributed by atoms with Crippen LogP contribution in [0.1, 0.15) is 6.42 Å². The van der Waals surface area contributed by atoms with Gasteiger partial charge in [0, 0.05) is 36.5 Å². The zero-order chi connectivity index (χ0) is 24.7. The van der Waals surface area contributed by atoms with Crippen molar-refractivity contribution in [2.75, 3.05) is 37.5 Å². The predicted molar refractivity (Wildman–Crippen MR) is 135 cm³/mol. The van der Waals surface area contributed by atoms with Gasteiger partial charge in [-0.25, -0.2) is 13.4 Å². The lowest BCUT2D eigenvalue weighted by atomic mass is 9.93. The van der Waals surface area contributed by atoms with Crippen LogP contribution in [0.3, 0.4) is 0 Å². The van der Waals surface area contributed by atoms with Gasteiger partial charge < -0.3 is 24.5 Å². The first kappa shape index (κ1) is 24.1. The number of hydrogen-bond acceptors (Lipinski definition) is 8. The van der Waals surface area contributed by atoms with Crippen molar-refractivity contribution >= 4 is 38.3 Å². The van der Waals surface area contributed by atoms with Gasteiger partial charge in [-0.1, -0.05) is 29.8 Å². The standard InChI is InChI=1S/C24H27ClN4O5S/c1-3-14-8-17(13-33-21(14)12-30)34-24-26-20-9-19(25)22(27-23(20)28-24)15-4-6-16(7-5-15)29-10-18(11-29)35(2,31)32/h3-7,9,14,17-18,21,30H,1,8,10-13H2,2H3,(H,26,27,28)/t14-,17+,21+/m0/s1. The normalized spacial score (nSPS) is 23.3. The van der Waals surface area contributed by atoms with Gasteiger partial charge in [-0.2, -0.15) is 4.98 Å². The molecule has 0 radical (unpaired) electrons. The lowest BCUT2D eigenvalue weighted by molar-refractivity contribution is -0.0886. The molecule has 2 aliphatic heterocycles. The molecule has 3 atom stereocenters. The average molecular weight is 519 g/mol. The Morgan fingerprint density at radius 1 is 1.31 bits per heavy atom. The maximum atomic E-state index is 11.7. The van der Waals surface area contributed by atoms with Crippen LogP contribution in [0.25, 0.3) is 22.4 Å². The van der Waals surface area contributed by atoms with Crippen LogP contribution in [-0.4, -0.2) is 78.5 Å². The molecule has 9 nitrogen and oxygen atoms in total. The molecule has 5 rings (SSSR count). The highest BCUT2D eigenvalue weighted by atomic mass is 35.5. The third-order valence-corrected chi connectivity index (χ3v) is 8.43. The number of aromatic nitrogens is 3. The van der Waals surface area contributed by atoms with Crippen molar-refractivity contribution in [1.82, 2.24) is 15.0 Å². The number of aliphatic hydroxyl groups is 1. The summed E-state index contributed by atoms with van der Waals surface area (Å²) >= 11 is 6.54. The molecule has 11 heteroatoms. The number of aliphatic hydroxyl groups excluding tert-OH is 1. The van der Waals surface area contributed by atoms with Crippen LogP contribution >= 0.6 is 11.6 Å². The monoisotopic (exact) mass is 518 g/mol. The molecule has 4 heterocycles. The number of benzene rings is 1. The lowest BCUT2D eigenvalue weighted by Crippen LogP contribution is -2.54. The molecule has 2 N–H and O–H groups in total. The number of anilines is 1. The Bertz CT molecular complexity index is 1340. The van der Waals surface area contributed by atoms with Crippen molar-refractivity contribution in [2.24, 2.45) is 5.92 Å². The van der Waals surface area contributed by atoms with Crippen LogP contribution in [0.4, 0.5) is 5.69 Å². The minimum absolute atomic E-state index is 0.00112. The topological polar surface area (TPSA) is 118 Å². The number of hydrogen-bond donors (Lipinski definition) is 2. The Kier molecular flexibility index (Phi) is 6.47. The number of sulfone groups is 1. The van der Waals surface area contributed by atoms with Gasteiger partial charge in [-0.3, -0.25) is 0 Å². The summed E-state index contributed by atoms with van der Waals surface area (Å²) in [6.07, 6.45) is 3.23. The Hall–Kier alpha value is -2.66. The van der Waals surface area contributed by atoms with Crippen LogP contribution in [0.2, 0.25) is 5.02 Å². The number of pyridine rings is 1. The quantitative estimate of drug-likeness (QED) is 0.458. The summed E-state index contributed by atoms with van der Waals surface area (Å²) in [6, 6.07) is 9.80. The van der Waals surface area contributed by atoms with Crippen molar-refractivity contribution in [2.45, 2.75) is 23.9 Å².